The summed E-state index contributed by atoms with van der Waals surface area (Å²) in [6.45, 7) is 8.26. The van der Waals surface area contributed by atoms with Crippen molar-refractivity contribution >= 4 is 46.8 Å². The van der Waals surface area contributed by atoms with Crippen LogP contribution in [-0.2, 0) is 14.3 Å². The maximum Gasteiger partial charge on any atom is 0.322 e. The highest BCUT2D eigenvalue weighted by molar-refractivity contribution is 6.42. The summed E-state index contributed by atoms with van der Waals surface area (Å²) >= 11 is 12.0. The summed E-state index contributed by atoms with van der Waals surface area (Å²) in [7, 11) is 0. The number of aliphatic hydroxyl groups is 1. The number of urea groups is 1. The Hall–Kier alpha value is -2.07. The van der Waals surface area contributed by atoms with Crippen molar-refractivity contribution in [1.29, 1.82) is 0 Å². The number of carbonyl (C=O) groups excluding carboxylic acids is 3. The van der Waals surface area contributed by atoms with Gasteiger partial charge in [0, 0.05) is 31.9 Å². The highest BCUT2D eigenvalue weighted by atomic mass is 35.5. The molecular formula is C27H38Cl2N4O5. The number of nitrogens with zero attached hydrogens (tertiary/aromatic N) is 3. The lowest BCUT2D eigenvalue weighted by Crippen LogP contribution is -2.61. The first-order valence-corrected chi connectivity index (χ1v) is 14.2. The van der Waals surface area contributed by atoms with Crippen LogP contribution in [0.3, 0.4) is 0 Å². The Kier molecular flexibility index (Phi) is 9.12. The third kappa shape index (κ3) is 6.55. The number of β-amino-alcohol motifs (C(OH)–C–C–N with tert-alkyl or cyclic N) is 1. The number of aliphatic hydroxyl groups excluding tert-OH is 1. The van der Waals surface area contributed by atoms with Gasteiger partial charge in [-0.3, -0.25) is 9.59 Å². The van der Waals surface area contributed by atoms with Crippen molar-refractivity contribution in [2.24, 2.45) is 11.3 Å². The lowest BCUT2D eigenvalue weighted by molar-refractivity contribution is -0.154. The van der Waals surface area contributed by atoms with Crippen LogP contribution in [0.2, 0.25) is 10.0 Å². The number of amides is 3. The third-order valence-electron chi connectivity index (χ3n) is 8.19. The SMILES string of the molecule is CC(C)C(=O)OC[C@H](CCN1CCC2(CC2)[C@H](O)C1)N1CCN(C(=O)Nc2ccc(Cl)c(Cl)c2)[C@@H](C)C1=O. The molecule has 3 aliphatic rings. The molecule has 2 heterocycles. The molecule has 3 amide bonds. The van der Waals surface area contributed by atoms with Gasteiger partial charge in [-0.1, -0.05) is 37.0 Å². The van der Waals surface area contributed by atoms with Crippen LogP contribution in [0.5, 0.6) is 0 Å². The van der Waals surface area contributed by atoms with E-state index in [0.717, 1.165) is 25.8 Å². The van der Waals surface area contributed by atoms with Gasteiger partial charge in [0.2, 0.25) is 5.91 Å². The second-order valence-electron chi connectivity index (χ2n) is 11.1. The Morgan fingerprint density at radius 1 is 1.16 bits per heavy atom. The molecule has 9 nitrogen and oxygen atoms in total. The highest BCUT2D eigenvalue weighted by Gasteiger charge is 2.51. The Labute approximate surface area is 234 Å². The number of hydrogen-bond donors (Lipinski definition) is 2. The molecule has 11 heteroatoms. The average molecular weight is 570 g/mol. The number of likely N-dealkylation sites (tertiary alicyclic amines) is 1. The van der Waals surface area contributed by atoms with E-state index in [2.05, 4.69) is 10.2 Å². The molecule has 3 atom stereocenters. The molecule has 38 heavy (non-hydrogen) atoms. The van der Waals surface area contributed by atoms with Crippen molar-refractivity contribution < 1.29 is 24.2 Å². The molecule has 3 fully saturated rings. The fourth-order valence-corrected chi connectivity index (χ4v) is 5.63. The maximum atomic E-state index is 13.5. The van der Waals surface area contributed by atoms with Crippen molar-refractivity contribution in [2.45, 2.75) is 64.6 Å². The van der Waals surface area contributed by atoms with Crippen LogP contribution in [0.25, 0.3) is 0 Å². The second-order valence-corrected chi connectivity index (χ2v) is 11.9. The van der Waals surface area contributed by atoms with Gasteiger partial charge in [0.25, 0.3) is 0 Å². The zero-order valence-electron chi connectivity index (χ0n) is 22.3. The van der Waals surface area contributed by atoms with E-state index in [1.165, 1.54) is 4.90 Å². The maximum absolute atomic E-state index is 13.5. The predicted molar refractivity (Wildman–Crippen MR) is 146 cm³/mol. The number of benzene rings is 1. The summed E-state index contributed by atoms with van der Waals surface area (Å²) in [6, 6.07) is 3.40. The predicted octanol–water partition coefficient (Wildman–Crippen LogP) is 3.86. The van der Waals surface area contributed by atoms with Gasteiger partial charge >= 0.3 is 12.0 Å². The van der Waals surface area contributed by atoms with E-state index in [9.17, 15) is 19.5 Å². The van der Waals surface area contributed by atoms with Crippen LogP contribution in [0, 0.1) is 11.3 Å². The smallest absolute Gasteiger partial charge is 0.322 e. The topological polar surface area (TPSA) is 102 Å². The number of ether oxygens (including phenoxy) is 1. The zero-order chi connectivity index (χ0) is 27.6. The van der Waals surface area contributed by atoms with Crippen LogP contribution in [-0.4, -0.2) is 95.2 Å². The van der Waals surface area contributed by atoms with E-state index >= 15 is 0 Å². The number of hydrogen-bond acceptors (Lipinski definition) is 6. The van der Waals surface area contributed by atoms with E-state index in [1.807, 2.05) is 0 Å². The number of esters is 1. The van der Waals surface area contributed by atoms with Gasteiger partial charge in [-0.15, -0.1) is 0 Å². The van der Waals surface area contributed by atoms with E-state index < -0.39 is 12.1 Å². The molecule has 1 aromatic carbocycles. The number of rotatable bonds is 8. The second kappa shape index (κ2) is 12.0. The summed E-state index contributed by atoms with van der Waals surface area (Å²) in [5.41, 5.74) is 0.615. The summed E-state index contributed by atoms with van der Waals surface area (Å²) in [5.74, 6) is -0.764. The number of piperazine rings is 1. The van der Waals surface area contributed by atoms with Crippen molar-refractivity contribution in [3.8, 4) is 0 Å². The first kappa shape index (κ1) is 28.9. The molecule has 0 aromatic heterocycles. The van der Waals surface area contributed by atoms with Gasteiger partial charge < -0.3 is 29.9 Å². The van der Waals surface area contributed by atoms with Gasteiger partial charge in [0.1, 0.15) is 12.6 Å². The van der Waals surface area contributed by atoms with Crippen LogP contribution in [0.1, 0.15) is 46.5 Å². The molecular weight excluding hydrogens is 531 g/mol. The van der Waals surface area contributed by atoms with Crippen molar-refractivity contribution in [3.05, 3.63) is 28.2 Å². The van der Waals surface area contributed by atoms with E-state index in [1.54, 1.807) is 43.9 Å². The fourth-order valence-electron chi connectivity index (χ4n) is 5.33. The van der Waals surface area contributed by atoms with Gasteiger partial charge in [0.15, 0.2) is 0 Å². The number of piperidine rings is 1. The summed E-state index contributed by atoms with van der Waals surface area (Å²) < 4.78 is 5.56. The van der Waals surface area contributed by atoms with Crippen LogP contribution >= 0.6 is 23.2 Å². The minimum atomic E-state index is -0.693. The van der Waals surface area contributed by atoms with Gasteiger partial charge in [0.05, 0.1) is 28.1 Å². The summed E-state index contributed by atoms with van der Waals surface area (Å²) in [6.07, 6.45) is 3.49. The van der Waals surface area contributed by atoms with Crippen molar-refractivity contribution in [2.75, 3.05) is 44.6 Å². The molecule has 0 bridgehead atoms. The molecule has 1 aliphatic carbocycles. The lowest BCUT2D eigenvalue weighted by atomic mass is 9.90. The van der Waals surface area contributed by atoms with E-state index in [4.69, 9.17) is 27.9 Å². The first-order valence-electron chi connectivity index (χ1n) is 13.4. The van der Waals surface area contributed by atoms with E-state index in [-0.39, 0.29) is 42.0 Å². The minimum Gasteiger partial charge on any atom is -0.463 e. The van der Waals surface area contributed by atoms with Gasteiger partial charge in [-0.05, 0) is 62.8 Å². The van der Waals surface area contributed by atoms with Gasteiger partial charge in [-0.25, -0.2) is 4.79 Å². The molecule has 2 saturated heterocycles. The Morgan fingerprint density at radius 2 is 1.89 bits per heavy atom. The number of anilines is 1. The largest absolute Gasteiger partial charge is 0.463 e. The Balaban J connectivity index is 1.38. The minimum absolute atomic E-state index is 0.102. The molecule has 1 aromatic rings. The highest BCUT2D eigenvalue weighted by Crippen LogP contribution is 2.53. The molecule has 4 rings (SSSR count). The Morgan fingerprint density at radius 3 is 2.53 bits per heavy atom. The number of nitrogens with one attached hydrogen (secondary N) is 1. The normalized spacial score (nSPS) is 24.0. The molecule has 0 radical (unpaired) electrons. The lowest BCUT2D eigenvalue weighted by Gasteiger charge is -2.43. The molecule has 210 valence electrons. The standard InChI is InChI=1S/C27H38Cl2N4O5/c1-17(2)25(36)38-16-20(6-10-31-11-9-27(7-8-27)23(34)15-31)33-13-12-32(18(3)24(33)35)26(37)30-19-4-5-21(28)22(29)14-19/h4-5,14,17-18,20,23,34H,6-13,15-16H2,1-3H3,(H,30,37)/t18-,20-,23+/m0/s1. The van der Waals surface area contributed by atoms with Crippen LogP contribution in [0.4, 0.5) is 10.5 Å². The van der Waals surface area contributed by atoms with Gasteiger partial charge in [-0.2, -0.15) is 0 Å². The first-order chi connectivity index (χ1) is 18.0. The molecule has 1 spiro atoms. The van der Waals surface area contributed by atoms with Crippen molar-refractivity contribution in [1.82, 2.24) is 14.7 Å². The fraction of sp³-hybridized carbons (Fsp3) is 0.667. The Bertz CT molecular complexity index is 1050. The number of halogens is 2. The molecule has 2 aliphatic heterocycles. The number of carbonyl (C=O) groups is 3. The summed E-state index contributed by atoms with van der Waals surface area (Å²) in [5, 5.41) is 14.1. The monoisotopic (exact) mass is 568 g/mol. The van der Waals surface area contributed by atoms with Crippen LogP contribution in [0.15, 0.2) is 18.2 Å². The molecule has 0 unspecified atom stereocenters. The van der Waals surface area contributed by atoms with Crippen molar-refractivity contribution in [3.63, 3.8) is 0 Å². The van der Waals surface area contributed by atoms with E-state index in [0.29, 0.717) is 48.3 Å². The molecule has 1 saturated carbocycles. The summed E-state index contributed by atoms with van der Waals surface area (Å²) in [4.78, 5) is 44.1. The average Bonchev–Trinajstić information content (AvgIpc) is 3.66. The molecule has 2 N–H and O–H groups in total. The zero-order valence-corrected chi connectivity index (χ0v) is 23.8. The quantitative estimate of drug-likeness (QED) is 0.461. The van der Waals surface area contributed by atoms with Crippen LogP contribution < -0.4 is 5.32 Å². The third-order valence-corrected chi connectivity index (χ3v) is 8.93.